The molecule has 0 saturated heterocycles. The van der Waals surface area contributed by atoms with Gasteiger partial charge in [-0.3, -0.25) is 0 Å². The predicted octanol–water partition coefficient (Wildman–Crippen LogP) is 7.13. The predicted molar refractivity (Wildman–Crippen MR) is 109 cm³/mol. The van der Waals surface area contributed by atoms with Gasteiger partial charge in [0, 0.05) is 5.56 Å². The van der Waals surface area contributed by atoms with Gasteiger partial charge < -0.3 is 0 Å². The van der Waals surface area contributed by atoms with Gasteiger partial charge in [-0.25, -0.2) is 4.39 Å². The quantitative estimate of drug-likeness (QED) is 0.236. The second kappa shape index (κ2) is 7.31. The Kier molecular flexibility index (Phi) is 5.14. The number of hydrogen-bond donors (Lipinski definition) is 0. The molecule has 2 heteroatoms. The van der Waals surface area contributed by atoms with Crippen molar-refractivity contribution >= 4 is 22.6 Å². The molecular weight excluding hydrogens is 410 g/mol. The van der Waals surface area contributed by atoms with E-state index in [1.54, 1.807) is 6.07 Å². The molecule has 1 atom stereocenters. The molecule has 0 saturated carbocycles. The van der Waals surface area contributed by atoms with Crippen molar-refractivity contribution in [2.45, 2.75) is 10.8 Å². The summed E-state index contributed by atoms with van der Waals surface area (Å²) < 4.78 is 14.9. The minimum Gasteiger partial charge on any atom is -0.206 e. The van der Waals surface area contributed by atoms with Crippen molar-refractivity contribution in [2.24, 2.45) is 0 Å². The first-order chi connectivity index (χ1) is 11.6. The number of hydrogen-bond acceptors (Lipinski definition) is 0. The molecule has 0 nitrogen and oxygen atoms in total. The highest BCUT2D eigenvalue weighted by Gasteiger charge is 2.09. The van der Waals surface area contributed by atoms with Crippen molar-refractivity contribution in [1.29, 1.82) is 0 Å². The summed E-state index contributed by atoms with van der Waals surface area (Å²) in [4.78, 5) is 0. The maximum absolute atomic E-state index is 14.6. The lowest BCUT2D eigenvalue weighted by Gasteiger charge is -2.09. The molecule has 0 aromatic heterocycles. The average Bonchev–Trinajstić information content (AvgIpc) is 2.62. The molecule has 0 N–H and O–H groups in total. The lowest BCUT2D eigenvalue weighted by Crippen LogP contribution is -1.89. The Bertz CT molecular complexity index is 848. The fourth-order valence-corrected chi connectivity index (χ4v) is 3.07. The number of allylic oxidation sites excluding steroid dienone is 1. The summed E-state index contributed by atoms with van der Waals surface area (Å²) in [5.41, 5.74) is 5.81. The molecule has 24 heavy (non-hydrogen) atoms. The van der Waals surface area contributed by atoms with Gasteiger partial charge in [0.1, 0.15) is 5.82 Å². The number of alkyl halides is 1. The molecule has 0 fully saturated rings. The van der Waals surface area contributed by atoms with E-state index in [0.29, 0.717) is 5.56 Å². The van der Waals surface area contributed by atoms with Crippen LogP contribution in [0, 0.1) is 12.7 Å². The summed E-state index contributed by atoms with van der Waals surface area (Å²) in [7, 11) is 0. The Morgan fingerprint density at radius 3 is 2.04 bits per heavy atom. The molecule has 0 aliphatic heterocycles. The highest BCUT2D eigenvalue weighted by molar-refractivity contribution is 14.1. The third kappa shape index (κ3) is 3.59. The molecule has 3 rings (SSSR count). The molecule has 3 aromatic rings. The number of rotatable bonds is 4. The van der Waals surface area contributed by atoms with Gasteiger partial charge >= 0.3 is 0 Å². The van der Waals surface area contributed by atoms with E-state index in [9.17, 15) is 4.39 Å². The molecule has 0 radical (unpaired) electrons. The Labute approximate surface area is 156 Å². The lowest BCUT2D eigenvalue weighted by molar-refractivity contribution is 0.632. The summed E-state index contributed by atoms with van der Waals surface area (Å²) >= 11 is 2.33. The minimum atomic E-state index is -0.199. The highest BCUT2D eigenvalue weighted by atomic mass is 127. The van der Waals surface area contributed by atoms with Crippen LogP contribution in [0.1, 0.15) is 15.1 Å². The summed E-state index contributed by atoms with van der Waals surface area (Å²) in [5.74, 6) is -0.199. The number of aryl methyl sites for hydroxylation is 1. The second-order valence-corrected chi connectivity index (χ2v) is 7.16. The number of halogens is 2. The van der Waals surface area contributed by atoms with E-state index in [0.717, 1.165) is 16.7 Å². The van der Waals surface area contributed by atoms with E-state index in [4.69, 9.17) is 0 Å². The summed E-state index contributed by atoms with van der Waals surface area (Å²) in [6.07, 6.45) is 1.90. The first kappa shape index (κ1) is 16.9. The van der Waals surface area contributed by atoms with Gasteiger partial charge in [0.2, 0.25) is 0 Å². The van der Waals surface area contributed by atoms with Crippen molar-refractivity contribution in [3.8, 4) is 22.3 Å². The van der Waals surface area contributed by atoms with E-state index >= 15 is 0 Å². The first-order valence-corrected chi connectivity index (χ1v) is 9.06. The van der Waals surface area contributed by atoms with E-state index in [1.807, 2.05) is 73.7 Å². The van der Waals surface area contributed by atoms with Gasteiger partial charge in [0.15, 0.2) is 0 Å². The SMILES string of the molecule is C=CC(I)c1ccc(-c2ccc(-c3ccc(C)cc3)cc2F)cc1. The molecule has 0 aliphatic rings. The smallest absolute Gasteiger partial charge is 0.131 e. The Balaban J connectivity index is 1.92. The molecule has 120 valence electrons. The van der Waals surface area contributed by atoms with Crippen molar-refractivity contribution in [2.75, 3.05) is 0 Å². The van der Waals surface area contributed by atoms with Crippen LogP contribution in [0.15, 0.2) is 79.4 Å². The van der Waals surface area contributed by atoms with Crippen LogP contribution in [0.25, 0.3) is 22.3 Å². The largest absolute Gasteiger partial charge is 0.206 e. The van der Waals surface area contributed by atoms with Crippen LogP contribution >= 0.6 is 22.6 Å². The molecule has 0 amide bonds. The van der Waals surface area contributed by atoms with Gasteiger partial charge in [-0.2, -0.15) is 0 Å². The summed E-state index contributed by atoms with van der Waals surface area (Å²) in [6, 6.07) is 21.6. The zero-order valence-electron chi connectivity index (χ0n) is 13.5. The third-order valence-electron chi connectivity index (χ3n) is 4.10. The van der Waals surface area contributed by atoms with Gasteiger partial charge in [-0.1, -0.05) is 94.9 Å². The van der Waals surface area contributed by atoms with Gasteiger partial charge in [-0.05, 0) is 35.2 Å². The first-order valence-electron chi connectivity index (χ1n) is 7.82. The van der Waals surface area contributed by atoms with Crippen LogP contribution in [0.5, 0.6) is 0 Å². The summed E-state index contributed by atoms with van der Waals surface area (Å²) in [5, 5.41) is 0. The van der Waals surface area contributed by atoms with E-state index < -0.39 is 0 Å². The average molecular weight is 428 g/mol. The lowest BCUT2D eigenvalue weighted by atomic mass is 9.98. The molecular formula is C22H18FI. The zero-order chi connectivity index (χ0) is 17.1. The van der Waals surface area contributed by atoms with Crippen LogP contribution in [-0.4, -0.2) is 0 Å². The van der Waals surface area contributed by atoms with Gasteiger partial charge in [0.05, 0.1) is 3.92 Å². The third-order valence-corrected chi connectivity index (χ3v) is 5.33. The fraction of sp³-hybridized carbons (Fsp3) is 0.0909. The highest BCUT2D eigenvalue weighted by Crippen LogP contribution is 2.30. The maximum Gasteiger partial charge on any atom is 0.131 e. The topological polar surface area (TPSA) is 0 Å². The Morgan fingerprint density at radius 1 is 0.875 bits per heavy atom. The summed E-state index contributed by atoms with van der Waals surface area (Å²) in [6.45, 7) is 5.85. The normalized spacial score (nSPS) is 12.0. The van der Waals surface area contributed by atoms with Crippen LogP contribution < -0.4 is 0 Å². The van der Waals surface area contributed by atoms with Crippen LogP contribution in [0.3, 0.4) is 0 Å². The minimum absolute atomic E-state index is 0.199. The maximum atomic E-state index is 14.6. The standard InChI is InChI=1S/C22H18FI/c1-3-22(24)18-10-8-17(9-11-18)20-13-12-19(14-21(20)23)16-6-4-15(2)5-7-16/h3-14,22H,1H2,2H3. The fourth-order valence-electron chi connectivity index (χ4n) is 2.66. The molecule has 1 unspecified atom stereocenters. The molecule has 0 heterocycles. The van der Waals surface area contributed by atoms with E-state index in [-0.39, 0.29) is 9.74 Å². The monoisotopic (exact) mass is 428 g/mol. The Morgan fingerprint density at radius 2 is 1.46 bits per heavy atom. The van der Waals surface area contributed by atoms with Crippen LogP contribution in [0.2, 0.25) is 0 Å². The van der Waals surface area contributed by atoms with Crippen molar-refractivity contribution in [3.05, 3.63) is 96.3 Å². The Hall–Kier alpha value is -1.94. The molecule has 0 aliphatic carbocycles. The molecule has 0 bridgehead atoms. The number of benzene rings is 3. The van der Waals surface area contributed by atoms with Gasteiger partial charge in [-0.15, -0.1) is 6.58 Å². The van der Waals surface area contributed by atoms with Crippen molar-refractivity contribution in [1.82, 2.24) is 0 Å². The van der Waals surface area contributed by atoms with E-state index in [1.165, 1.54) is 11.1 Å². The van der Waals surface area contributed by atoms with Crippen molar-refractivity contribution < 1.29 is 4.39 Å². The van der Waals surface area contributed by atoms with E-state index in [2.05, 4.69) is 29.2 Å². The zero-order valence-corrected chi connectivity index (χ0v) is 15.6. The van der Waals surface area contributed by atoms with Crippen LogP contribution in [0.4, 0.5) is 4.39 Å². The van der Waals surface area contributed by atoms with Gasteiger partial charge in [0.25, 0.3) is 0 Å². The van der Waals surface area contributed by atoms with Crippen molar-refractivity contribution in [3.63, 3.8) is 0 Å². The molecule has 3 aromatic carbocycles. The molecule has 0 spiro atoms. The van der Waals surface area contributed by atoms with Crippen LogP contribution in [-0.2, 0) is 0 Å². The second-order valence-electron chi connectivity index (χ2n) is 5.82.